The lowest BCUT2D eigenvalue weighted by atomic mass is 10.2. The van der Waals surface area contributed by atoms with Gasteiger partial charge in [0.25, 0.3) is 0 Å². The van der Waals surface area contributed by atoms with Crippen LogP contribution in [-0.4, -0.2) is 20.2 Å². The number of hydrogen-bond acceptors (Lipinski definition) is 6. The Bertz CT molecular complexity index is 794. The highest BCUT2D eigenvalue weighted by molar-refractivity contribution is 5.89. The molecule has 0 bridgehead atoms. The lowest BCUT2D eigenvalue weighted by molar-refractivity contribution is 0.549. The molecule has 21 heavy (non-hydrogen) atoms. The van der Waals surface area contributed by atoms with Crippen LogP contribution in [0.1, 0.15) is 0 Å². The summed E-state index contributed by atoms with van der Waals surface area (Å²) >= 11 is 0. The summed E-state index contributed by atoms with van der Waals surface area (Å²) in [6.07, 6.45) is 1.37. The number of nitrogens with one attached hydrogen (secondary N) is 3. The number of nitrogens with two attached hydrogens (primary N) is 1. The van der Waals surface area contributed by atoms with Crippen molar-refractivity contribution >= 4 is 28.5 Å². The Morgan fingerprint density at radius 3 is 2.48 bits per heavy atom. The fraction of sp³-hybridized carbons (Fsp3) is 0. The fourth-order valence-electron chi connectivity index (χ4n) is 1.77. The molecule has 0 saturated carbocycles. The van der Waals surface area contributed by atoms with E-state index in [2.05, 4.69) is 30.9 Å². The maximum atomic E-state index is 13.7. The predicted octanol–water partition coefficient (Wildman–Crippen LogP) is 1.80. The van der Waals surface area contributed by atoms with E-state index >= 15 is 0 Å². The number of nitrogen functional groups attached to an aromatic ring is 1. The molecule has 0 amide bonds. The zero-order chi connectivity index (χ0) is 15.0. The third-order valence-corrected chi connectivity index (χ3v) is 2.69. The van der Waals surface area contributed by atoms with Gasteiger partial charge >= 0.3 is 0 Å². The first-order valence-corrected chi connectivity index (χ1v) is 5.68. The molecule has 2 aromatic heterocycles. The Kier molecular flexibility index (Phi) is 3.06. The Hall–Kier alpha value is -2.88. The molecular formula is C11H8F3N7. The average molecular weight is 295 g/mol. The van der Waals surface area contributed by atoms with E-state index in [0.717, 1.165) is 0 Å². The van der Waals surface area contributed by atoms with Crippen molar-refractivity contribution in [2.75, 3.05) is 10.7 Å². The Morgan fingerprint density at radius 1 is 1.10 bits per heavy atom. The molecule has 1 aromatic carbocycles. The third kappa shape index (κ3) is 2.31. The van der Waals surface area contributed by atoms with Crippen LogP contribution in [0.25, 0.3) is 11.0 Å². The van der Waals surface area contributed by atoms with Crippen LogP contribution in [0.15, 0.2) is 18.3 Å². The molecule has 0 saturated heterocycles. The highest BCUT2D eigenvalue weighted by Crippen LogP contribution is 2.27. The maximum Gasteiger partial charge on any atom is 0.241 e. The van der Waals surface area contributed by atoms with Crippen LogP contribution >= 0.6 is 0 Å². The van der Waals surface area contributed by atoms with E-state index in [1.807, 2.05) is 0 Å². The van der Waals surface area contributed by atoms with Crippen molar-refractivity contribution in [3.63, 3.8) is 0 Å². The molecule has 0 aliphatic heterocycles. The summed E-state index contributed by atoms with van der Waals surface area (Å²) in [5.41, 5.74) is 1.98. The first-order valence-electron chi connectivity index (χ1n) is 5.68. The number of hydrazine groups is 1. The number of aromatic nitrogens is 4. The highest BCUT2D eigenvalue weighted by Gasteiger charge is 2.15. The van der Waals surface area contributed by atoms with Crippen LogP contribution in [0.4, 0.5) is 30.6 Å². The van der Waals surface area contributed by atoms with Gasteiger partial charge in [-0.05, 0) is 0 Å². The minimum absolute atomic E-state index is 0.0113. The average Bonchev–Trinajstić information content (AvgIpc) is 2.90. The van der Waals surface area contributed by atoms with Gasteiger partial charge in [0, 0.05) is 12.1 Å². The molecule has 0 atom stereocenters. The van der Waals surface area contributed by atoms with Gasteiger partial charge in [-0.1, -0.05) is 0 Å². The molecule has 3 rings (SSSR count). The monoisotopic (exact) mass is 295 g/mol. The zero-order valence-corrected chi connectivity index (χ0v) is 10.3. The quantitative estimate of drug-likeness (QED) is 0.434. The number of H-pyrrole nitrogens is 1. The summed E-state index contributed by atoms with van der Waals surface area (Å²) in [6.45, 7) is 0. The number of anilines is 3. The largest absolute Gasteiger partial charge is 0.335 e. The van der Waals surface area contributed by atoms with E-state index in [4.69, 9.17) is 5.84 Å². The van der Waals surface area contributed by atoms with Crippen molar-refractivity contribution in [3.05, 3.63) is 35.8 Å². The second-order valence-electron chi connectivity index (χ2n) is 4.04. The molecule has 2 heterocycles. The molecule has 5 N–H and O–H groups in total. The van der Waals surface area contributed by atoms with E-state index in [9.17, 15) is 13.2 Å². The van der Waals surface area contributed by atoms with Crippen LogP contribution in [-0.2, 0) is 0 Å². The van der Waals surface area contributed by atoms with Crippen molar-refractivity contribution in [3.8, 4) is 0 Å². The number of hydrogen-bond donors (Lipinski definition) is 4. The van der Waals surface area contributed by atoms with E-state index in [1.54, 1.807) is 0 Å². The topological polar surface area (TPSA) is 105 Å². The number of aromatic amines is 1. The van der Waals surface area contributed by atoms with Crippen LogP contribution in [0, 0.1) is 17.5 Å². The van der Waals surface area contributed by atoms with Gasteiger partial charge in [-0.15, -0.1) is 0 Å². The standard InChI is InChI=1S/C11H8F3N7/c12-4-1-6(13)8(7(14)2-4)17-9-5-3-16-21-10(5)19-11(18-9)20-15/h1-3H,15H2,(H3,16,17,18,19,20,21). The van der Waals surface area contributed by atoms with Gasteiger partial charge in [0.05, 0.1) is 11.6 Å². The molecule has 0 unspecified atom stereocenters. The van der Waals surface area contributed by atoms with E-state index in [0.29, 0.717) is 23.2 Å². The molecule has 0 aliphatic rings. The third-order valence-electron chi connectivity index (χ3n) is 2.69. The number of rotatable bonds is 3. The fourth-order valence-corrected chi connectivity index (χ4v) is 1.77. The normalized spacial score (nSPS) is 10.9. The number of fused-ring (bicyclic) bond motifs is 1. The molecule has 0 spiro atoms. The van der Waals surface area contributed by atoms with Crippen LogP contribution in [0.2, 0.25) is 0 Å². The zero-order valence-electron chi connectivity index (χ0n) is 10.3. The lowest BCUT2D eigenvalue weighted by Crippen LogP contribution is -2.12. The Morgan fingerprint density at radius 2 is 1.81 bits per heavy atom. The summed E-state index contributed by atoms with van der Waals surface area (Å²) in [6, 6.07) is 1.11. The van der Waals surface area contributed by atoms with Gasteiger partial charge in [-0.25, -0.2) is 19.0 Å². The first kappa shape index (κ1) is 13.1. The minimum atomic E-state index is -1.09. The molecule has 108 valence electrons. The highest BCUT2D eigenvalue weighted by atomic mass is 19.1. The number of nitrogens with zero attached hydrogens (tertiary/aromatic N) is 3. The summed E-state index contributed by atoms with van der Waals surface area (Å²) in [5.74, 6) is 2.09. The van der Waals surface area contributed by atoms with Crippen LogP contribution in [0.5, 0.6) is 0 Å². The molecule has 0 fully saturated rings. The van der Waals surface area contributed by atoms with Crippen LogP contribution < -0.4 is 16.6 Å². The molecule has 0 aliphatic carbocycles. The van der Waals surface area contributed by atoms with Gasteiger partial charge in [0.1, 0.15) is 17.3 Å². The van der Waals surface area contributed by atoms with E-state index in [1.165, 1.54) is 6.20 Å². The summed E-state index contributed by atoms with van der Waals surface area (Å²) in [5, 5.41) is 9.16. The SMILES string of the molecule is NNc1nc(Nc2c(F)cc(F)cc2F)c2cn[nH]c2n1. The number of benzene rings is 1. The van der Waals surface area contributed by atoms with Gasteiger partial charge in [0.15, 0.2) is 17.3 Å². The van der Waals surface area contributed by atoms with Gasteiger partial charge in [0.2, 0.25) is 5.95 Å². The van der Waals surface area contributed by atoms with Gasteiger partial charge in [-0.2, -0.15) is 15.1 Å². The van der Waals surface area contributed by atoms with Crippen molar-refractivity contribution in [1.29, 1.82) is 0 Å². The summed E-state index contributed by atoms with van der Waals surface area (Å²) < 4.78 is 40.2. The maximum absolute atomic E-state index is 13.7. The summed E-state index contributed by atoms with van der Waals surface area (Å²) in [4.78, 5) is 7.91. The molecular weight excluding hydrogens is 287 g/mol. The first-order chi connectivity index (χ1) is 10.1. The Balaban J connectivity index is 2.11. The predicted molar refractivity (Wildman–Crippen MR) is 69.1 cm³/mol. The number of halogens is 3. The van der Waals surface area contributed by atoms with Gasteiger partial charge < -0.3 is 5.32 Å². The van der Waals surface area contributed by atoms with Crippen molar-refractivity contribution in [2.45, 2.75) is 0 Å². The van der Waals surface area contributed by atoms with Gasteiger partial charge in [-0.3, -0.25) is 10.5 Å². The summed E-state index contributed by atoms with van der Waals surface area (Å²) in [7, 11) is 0. The second kappa shape index (κ2) is 4.90. The van der Waals surface area contributed by atoms with Crippen molar-refractivity contribution < 1.29 is 13.2 Å². The van der Waals surface area contributed by atoms with E-state index in [-0.39, 0.29) is 11.8 Å². The minimum Gasteiger partial charge on any atom is -0.335 e. The van der Waals surface area contributed by atoms with Crippen molar-refractivity contribution in [2.24, 2.45) is 5.84 Å². The van der Waals surface area contributed by atoms with Crippen molar-refractivity contribution in [1.82, 2.24) is 20.2 Å². The lowest BCUT2D eigenvalue weighted by Gasteiger charge is -2.10. The molecule has 3 aromatic rings. The second-order valence-corrected chi connectivity index (χ2v) is 4.04. The molecule has 7 nitrogen and oxygen atoms in total. The molecule has 10 heteroatoms. The Labute approximate surface area is 115 Å². The molecule has 0 radical (unpaired) electrons. The van der Waals surface area contributed by atoms with E-state index < -0.39 is 23.1 Å². The van der Waals surface area contributed by atoms with Crippen LogP contribution in [0.3, 0.4) is 0 Å². The smallest absolute Gasteiger partial charge is 0.241 e.